The number of nitrogens with zero attached hydrogens (tertiary/aromatic N) is 1. The van der Waals surface area contributed by atoms with E-state index in [0.717, 1.165) is 50.6 Å². The third kappa shape index (κ3) is 6.63. The molecule has 1 saturated carbocycles. The molecule has 0 spiro atoms. The number of rotatable bonds is 9. The predicted octanol–water partition coefficient (Wildman–Crippen LogP) is 4.83. The van der Waals surface area contributed by atoms with Gasteiger partial charge in [-0.2, -0.15) is 0 Å². The molecule has 0 heterocycles. The lowest BCUT2D eigenvalue weighted by Crippen LogP contribution is -2.48. The van der Waals surface area contributed by atoms with E-state index in [1.165, 1.54) is 17.7 Å². The normalized spacial score (nSPS) is 24.7. The first-order valence-corrected chi connectivity index (χ1v) is 10.7. The summed E-state index contributed by atoms with van der Waals surface area (Å²) in [5.74, 6) is -0.0294. The van der Waals surface area contributed by atoms with Gasteiger partial charge in [0.15, 0.2) is 0 Å². The number of aryl methyl sites for hydroxylation is 1. The van der Waals surface area contributed by atoms with Crippen LogP contribution in [0.1, 0.15) is 43.2 Å². The minimum atomic E-state index is -0.630. The van der Waals surface area contributed by atoms with E-state index < -0.39 is 5.60 Å². The van der Waals surface area contributed by atoms with E-state index in [-0.39, 0.29) is 17.8 Å². The lowest BCUT2D eigenvalue weighted by Gasteiger charge is -2.44. The van der Waals surface area contributed by atoms with Crippen LogP contribution >= 0.6 is 0 Å². The maximum absolute atomic E-state index is 13.1. The van der Waals surface area contributed by atoms with Crippen molar-refractivity contribution in [2.45, 2.75) is 56.8 Å². The van der Waals surface area contributed by atoms with Crippen LogP contribution in [0.15, 0.2) is 54.6 Å². The maximum Gasteiger partial charge on any atom is 0.123 e. The summed E-state index contributed by atoms with van der Waals surface area (Å²) in [4.78, 5) is 2.16. The fourth-order valence-electron chi connectivity index (χ4n) is 4.47. The molecule has 1 fully saturated rings. The summed E-state index contributed by atoms with van der Waals surface area (Å²) < 4.78 is 19.2. The van der Waals surface area contributed by atoms with E-state index >= 15 is 0 Å². The topological polar surface area (TPSA) is 32.7 Å². The van der Waals surface area contributed by atoms with Gasteiger partial charge < -0.3 is 14.7 Å². The van der Waals surface area contributed by atoms with Crippen molar-refractivity contribution in [3.8, 4) is 0 Å². The number of aliphatic hydroxyl groups is 1. The third-order valence-corrected chi connectivity index (χ3v) is 6.11. The van der Waals surface area contributed by atoms with E-state index in [4.69, 9.17) is 4.74 Å². The molecule has 4 heteroatoms. The SMILES string of the molecule is CN(C)CC1CC(OCc2ccc(F)cc2)CCC1(O)CCCc1ccccc1. The molecule has 3 nitrogen and oxygen atoms in total. The van der Waals surface area contributed by atoms with Gasteiger partial charge in [0.05, 0.1) is 18.3 Å². The molecule has 3 rings (SSSR count). The Morgan fingerprint density at radius 2 is 1.79 bits per heavy atom. The van der Waals surface area contributed by atoms with Gasteiger partial charge in [-0.25, -0.2) is 4.39 Å². The Balaban J connectivity index is 1.54. The van der Waals surface area contributed by atoms with Gasteiger partial charge in [0, 0.05) is 12.5 Å². The fourth-order valence-corrected chi connectivity index (χ4v) is 4.47. The van der Waals surface area contributed by atoms with Crippen molar-refractivity contribution in [3.63, 3.8) is 0 Å². The summed E-state index contributed by atoms with van der Waals surface area (Å²) in [5.41, 5.74) is 1.69. The highest BCUT2D eigenvalue weighted by Gasteiger charge is 2.42. The molecule has 29 heavy (non-hydrogen) atoms. The van der Waals surface area contributed by atoms with Gasteiger partial charge >= 0.3 is 0 Å². The van der Waals surface area contributed by atoms with Crippen LogP contribution in [0.4, 0.5) is 4.39 Å². The minimum absolute atomic E-state index is 0.138. The predicted molar refractivity (Wildman–Crippen MR) is 115 cm³/mol. The van der Waals surface area contributed by atoms with Gasteiger partial charge in [0.1, 0.15) is 5.82 Å². The van der Waals surface area contributed by atoms with Gasteiger partial charge in [-0.05, 0) is 75.9 Å². The Bertz CT molecular complexity index is 734. The molecular weight excluding hydrogens is 365 g/mol. The van der Waals surface area contributed by atoms with Crippen LogP contribution in [-0.2, 0) is 17.8 Å². The molecule has 158 valence electrons. The van der Waals surface area contributed by atoms with Crippen LogP contribution in [0.2, 0.25) is 0 Å². The molecule has 0 saturated heterocycles. The molecule has 1 aliphatic carbocycles. The zero-order chi connectivity index (χ0) is 20.7. The Hall–Kier alpha value is -1.75. The van der Waals surface area contributed by atoms with Crippen LogP contribution in [-0.4, -0.2) is 42.4 Å². The van der Waals surface area contributed by atoms with Crippen LogP contribution < -0.4 is 0 Å². The van der Waals surface area contributed by atoms with E-state index in [1.807, 2.05) is 6.07 Å². The Labute approximate surface area is 174 Å². The molecule has 1 aliphatic rings. The van der Waals surface area contributed by atoms with Crippen LogP contribution in [0.25, 0.3) is 0 Å². The molecule has 2 aromatic carbocycles. The van der Waals surface area contributed by atoms with Crippen LogP contribution in [0.5, 0.6) is 0 Å². The van der Waals surface area contributed by atoms with Gasteiger partial charge in [0.2, 0.25) is 0 Å². The molecule has 3 unspecified atom stereocenters. The van der Waals surface area contributed by atoms with Gasteiger partial charge in [-0.1, -0.05) is 42.5 Å². The van der Waals surface area contributed by atoms with Crippen molar-refractivity contribution >= 4 is 0 Å². The third-order valence-electron chi connectivity index (χ3n) is 6.11. The van der Waals surface area contributed by atoms with Crippen molar-refractivity contribution < 1.29 is 14.2 Å². The second-order valence-corrected chi connectivity index (χ2v) is 8.74. The molecular formula is C25H34FNO2. The van der Waals surface area contributed by atoms with Crippen molar-refractivity contribution in [2.75, 3.05) is 20.6 Å². The molecule has 3 atom stereocenters. The molecule has 0 bridgehead atoms. The lowest BCUT2D eigenvalue weighted by molar-refractivity contribution is -0.110. The first-order valence-electron chi connectivity index (χ1n) is 10.7. The number of benzene rings is 2. The Morgan fingerprint density at radius 1 is 1.07 bits per heavy atom. The molecule has 0 aliphatic heterocycles. The second kappa shape index (κ2) is 10.3. The number of hydrogen-bond acceptors (Lipinski definition) is 3. The molecule has 0 amide bonds. The standard InChI is InChI=1S/C25H34FNO2/c1-27(2)18-22-17-24(29-19-21-10-12-23(26)13-11-21)14-16-25(22,28)15-6-9-20-7-4-3-5-8-20/h3-5,7-8,10-13,22,24,28H,6,9,14-19H2,1-2H3. The monoisotopic (exact) mass is 399 g/mol. The molecule has 2 aromatic rings. The highest BCUT2D eigenvalue weighted by atomic mass is 19.1. The average Bonchev–Trinajstić information content (AvgIpc) is 2.70. The number of halogens is 1. The first-order chi connectivity index (χ1) is 13.9. The molecule has 0 aromatic heterocycles. The zero-order valence-electron chi connectivity index (χ0n) is 17.7. The number of ether oxygens (including phenoxy) is 1. The van der Waals surface area contributed by atoms with Gasteiger partial charge in [-0.15, -0.1) is 0 Å². The van der Waals surface area contributed by atoms with Crippen LogP contribution in [0.3, 0.4) is 0 Å². The summed E-state index contributed by atoms with van der Waals surface area (Å²) >= 11 is 0. The van der Waals surface area contributed by atoms with E-state index in [1.54, 1.807) is 12.1 Å². The quantitative estimate of drug-likeness (QED) is 0.656. The lowest BCUT2D eigenvalue weighted by atomic mass is 9.71. The summed E-state index contributed by atoms with van der Waals surface area (Å²) in [7, 11) is 4.13. The van der Waals surface area contributed by atoms with E-state index in [0.29, 0.717) is 6.61 Å². The van der Waals surface area contributed by atoms with E-state index in [2.05, 4.69) is 43.3 Å². The highest BCUT2D eigenvalue weighted by Crippen LogP contribution is 2.39. The maximum atomic E-state index is 13.1. The Morgan fingerprint density at radius 3 is 2.48 bits per heavy atom. The van der Waals surface area contributed by atoms with Gasteiger partial charge in [-0.3, -0.25) is 0 Å². The van der Waals surface area contributed by atoms with Crippen molar-refractivity contribution in [2.24, 2.45) is 5.92 Å². The summed E-state index contributed by atoms with van der Waals surface area (Å²) in [6.07, 6.45) is 5.46. The van der Waals surface area contributed by atoms with Gasteiger partial charge in [0.25, 0.3) is 0 Å². The van der Waals surface area contributed by atoms with Crippen molar-refractivity contribution in [3.05, 3.63) is 71.5 Å². The highest BCUT2D eigenvalue weighted by molar-refractivity contribution is 5.15. The smallest absolute Gasteiger partial charge is 0.123 e. The summed E-state index contributed by atoms with van der Waals surface area (Å²) in [5, 5.41) is 11.5. The summed E-state index contributed by atoms with van der Waals surface area (Å²) in [6, 6.07) is 17.0. The minimum Gasteiger partial charge on any atom is -0.390 e. The van der Waals surface area contributed by atoms with Crippen molar-refractivity contribution in [1.82, 2.24) is 4.90 Å². The van der Waals surface area contributed by atoms with E-state index in [9.17, 15) is 9.50 Å². The zero-order valence-corrected chi connectivity index (χ0v) is 17.7. The Kier molecular flexibility index (Phi) is 7.82. The fraction of sp³-hybridized carbons (Fsp3) is 0.520. The summed E-state index contributed by atoms with van der Waals surface area (Å²) in [6.45, 7) is 1.35. The molecule has 1 N–H and O–H groups in total. The average molecular weight is 400 g/mol. The first kappa shape index (κ1) is 21.9. The van der Waals surface area contributed by atoms with Crippen molar-refractivity contribution in [1.29, 1.82) is 0 Å². The number of hydrogen-bond donors (Lipinski definition) is 1. The molecule has 0 radical (unpaired) electrons. The second-order valence-electron chi connectivity index (χ2n) is 8.74. The largest absolute Gasteiger partial charge is 0.390 e. The van der Waals surface area contributed by atoms with Crippen LogP contribution in [0, 0.1) is 11.7 Å².